The lowest BCUT2D eigenvalue weighted by Crippen LogP contribution is -2.14. The third-order valence-corrected chi connectivity index (χ3v) is 3.64. The smallest absolute Gasteiger partial charge is 0.414 e. The van der Waals surface area contributed by atoms with Crippen LogP contribution in [0.25, 0.3) is 0 Å². The Hall–Kier alpha value is -3.00. The van der Waals surface area contributed by atoms with Crippen LogP contribution in [0.4, 0.5) is 0 Å². The number of carboxylic acids is 2. The van der Waals surface area contributed by atoms with Crippen LogP contribution in [0.5, 0.6) is 11.5 Å². The predicted molar refractivity (Wildman–Crippen MR) is 103 cm³/mol. The number of hydrogen-bond donors (Lipinski definition) is 3. The summed E-state index contributed by atoms with van der Waals surface area (Å²) in [4.78, 5) is 18.2. The number of furan rings is 1. The Balaban J connectivity index is 0.000000568. The van der Waals surface area contributed by atoms with Crippen molar-refractivity contribution < 1.29 is 33.7 Å². The van der Waals surface area contributed by atoms with Crippen molar-refractivity contribution in [3.8, 4) is 11.5 Å². The van der Waals surface area contributed by atoms with Gasteiger partial charge in [0.2, 0.25) is 0 Å². The Morgan fingerprint density at radius 3 is 2.25 bits per heavy atom. The van der Waals surface area contributed by atoms with Crippen molar-refractivity contribution in [2.24, 2.45) is 0 Å². The number of rotatable bonds is 11. The molecule has 0 saturated carbocycles. The van der Waals surface area contributed by atoms with Crippen molar-refractivity contribution in [3.63, 3.8) is 0 Å². The molecule has 0 fully saturated rings. The first kappa shape index (κ1) is 23.0. The Morgan fingerprint density at radius 2 is 1.64 bits per heavy atom. The Morgan fingerprint density at radius 1 is 0.964 bits per heavy atom. The molecule has 28 heavy (non-hydrogen) atoms. The molecule has 0 saturated heterocycles. The number of benzene rings is 1. The lowest BCUT2D eigenvalue weighted by Gasteiger charge is -2.10. The van der Waals surface area contributed by atoms with Gasteiger partial charge in [0.1, 0.15) is 5.76 Å². The summed E-state index contributed by atoms with van der Waals surface area (Å²) in [6, 6.07) is 11.7. The molecule has 0 aliphatic carbocycles. The van der Waals surface area contributed by atoms with Crippen LogP contribution in [0.3, 0.4) is 0 Å². The Bertz CT molecular complexity index is 674. The van der Waals surface area contributed by atoms with Gasteiger partial charge in [0, 0.05) is 0 Å². The summed E-state index contributed by atoms with van der Waals surface area (Å²) in [5.41, 5.74) is 0. The number of hydrogen-bond acceptors (Lipinski definition) is 6. The SMILES string of the molecule is COc1ccccc1OCCCCCCNCc1ccco1.O=C(O)C(=O)O. The van der Waals surface area contributed by atoms with E-state index in [1.807, 2.05) is 36.4 Å². The maximum atomic E-state index is 9.10. The van der Waals surface area contributed by atoms with E-state index in [4.69, 9.17) is 33.7 Å². The van der Waals surface area contributed by atoms with Crippen LogP contribution >= 0.6 is 0 Å². The van der Waals surface area contributed by atoms with Crippen LogP contribution < -0.4 is 14.8 Å². The van der Waals surface area contributed by atoms with E-state index in [2.05, 4.69) is 5.32 Å². The minimum Gasteiger partial charge on any atom is -0.493 e. The second-order valence-electron chi connectivity index (χ2n) is 5.78. The first-order valence-electron chi connectivity index (χ1n) is 8.99. The second kappa shape index (κ2) is 14.1. The Labute approximate surface area is 164 Å². The van der Waals surface area contributed by atoms with E-state index in [0.29, 0.717) is 0 Å². The summed E-state index contributed by atoms with van der Waals surface area (Å²) in [6.45, 7) is 2.57. The molecule has 0 atom stereocenters. The maximum Gasteiger partial charge on any atom is 0.414 e. The highest BCUT2D eigenvalue weighted by molar-refractivity contribution is 6.27. The number of methoxy groups -OCH3 is 1. The molecule has 0 spiro atoms. The number of aliphatic carboxylic acids is 2. The average Bonchev–Trinajstić information content (AvgIpc) is 3.21. The van der Waals surface area contributed by atoms with Crippen LogP contribution in [0.1, 0.15) is 31.4 Å². The molecule has 2 rings (SSSR count). The first-order chi connectivity index (χ1) is 13.5. The summed E-state index contributed by atoms with van der Waals surface area (Å²) in [5, 5.41) is 18.2. The highest BCUT2D eigenvalue weighted by Gasteiger charge is 2.04. The van der Waals surface area contributed by atoms with Crippen LogP contribution in [0, 0.1) is 0 Å². The van der Waals surface area contributed by atoms with Gasteiger partial charge >= 0.3 is 11.9 Å². The van der Waals surface area contributed by atoms with Crippen LogP contribution in [-0.4, -0.2) is 42.4 Å². The molecule has 154 valence electrons. The number of nitrogens with one attached hydrogen (secondary N) is 1. The van der Waals surface area contributed by atoms with Gasteiger partial charge in [-0.2, -0.15) is 0 Å². The van der Waals surface area contributed by atoms with Crippen molar-refractivity contribution in [1.29, 1.82) is 0 Å². The fourth-order valence-electron chi connectivity index (χ4n) is 2.25. The quantitative estimate of drug-likeness (QED) is 0.393. The molecular formula is C20H27NO7. The van der Waals surface area contributed by atoms with E-state index < -0.39 is 11.9 Å². The number of ether oxygens (including phenoxy) is 2. The first-order valence-corrected chi connectivity index (χ1v) is 8.99. The zero-order chi connectivity index (χ0) is 20.6. The molecule has 1 aromatic heterocycles. The average molecular weight is 393 g/mol. The molecule has 0 bridgehead atoms. The van der Waals surface area contributed by atoms with Crippen molar-refractivity contribution in [1.82, 2.24) is 5.32 Å². The maximum absolute atomic E-state index is 9.10. The lowest BCUT2D eigenvalue weighted by atomic mass is 10.2. The molecule has 1 heterocycles. The van der Waals surface area contributed by atoms with Crippen molar-refractivity contribution in [3.05, 3.63) is 48.4 Å². The van der Waals surface area contributed by atoms with Crippen LogP contribution in [0.15, 0.2) is 47.1 Å². The molecule has 0 aliphatic heterocycles. The van der Waals surface area contributed by atoms with E-state index in [9.17, 15) is 0 Å². The van der Waals surface area contributed by atoms with Crippen molar-refractivity contribution in [2.45, 2.75) is 32.2 Å². The number of carboxylic acid groups (broad SMARTS) is 2. The molecular weight excluding hydrogens is 366 g/mol. The van der Waals surface area contributed by atoms with Gasteiger partial charge in [-0.15, -0.1) is 0 Å². The van der Waals surface area contributed by atoms with E-state index in [-0.39, 0.29) is 0 Å². The number of unbranched alkanes of at least 4 members (excludes halogenated alkanes) is 3. The fourth-order valence-corrected chi connectivity index (χ4v) is 2.25. The summed E-state index contributed by atoms with van der Waals surface area (Å²) in [7, 11) is 1.66. The van der Waals surface area contributed by atoms with E-state index in [1.165, 1.54) is 19.3 Å². The molecule has 1 aromatic carbocycles. The molecule has 2 aromatic rings. The van der Waals surface area contributed by atoms with Gasteiger partial charge in [0.15, 0.2) is 11.5 Å². The minimum atomic E-state index is -1.82. The molecule has 8 nitrogen and oxygen atoms in total. The van der Waals surface area contributed by atoms with E-state index >= 15 is 0 Å². The third-order valence-electron chi connectivity index (χ3n) is 3.64. The summed E-state index contributed by atoms with van der Waals surface area (Å²) < 4.78 is 16.3. The lowest BCUT2D eigenvalue weighted by molar-refractivity contribution is -0.159. The van der Waals surface area contributed by atoms with Crippen molar-refractivity contribution in [2.75, 3.05) is 20.3 Å². The topological polar surface area (TPSA) is 118 Å². The van der Waals surface area contributed by atoms with Gasteiger partial charge in [-0.05, 0) is 43.7 Å². The molecule has 0 unspecified atom stereocenters. The summed E-state index contributed by atoms with van der Waals surface area (Å²) in [6.07, 6.45) is 6.34. The van der Waals surface area contributed by atoms with Gasteiger partial charge < -0.3 is 29.4 Å². The minimum absolute atomic E-state index is 0.736. The molecule has 0 amide bonds. The predicted octanol–water partition coefficient (Wildman–Crippen LogP) is 3.17. The number of carbonyl (C=O) groups is 2. The van der Waals surface area contributed by atoms with Crippen LogP contribution in [-0.2, 0) is 16.1 Å². The van der Waals surface area contributed by atoms with E-state index in [1.54, 1.807) is 13.4 Å². The molecule has 3 N–H and O–H groups in total. The normalized spacial score (nSPS) is 9.89. The van der Waals surface area contributed by atoms with Gasteiger partial charge in [0.25, 0.3) is 0 Å². The van der Waals surface area contributed by atoms with Gasteiger partial charge in [-0.25, -0.2) is 9.59 Å². The zero-order valence-electron chi connectivity index (χ0n) is 15.9. The van der Waals surface area contributed by atoms with Crippen LogP contribution in [0.2, 0.25) is 0 Å². The monoisotopic (exact) mass is 393 g/mol. The summed E-state index contributed by atoms with van der Waals surface area (Å²) in [5.74, 6) is -1.04. The molecule has 8 heteroatoms. The largest absolute Gasteiger partial charge is 0.493 e. The van der Waals surface area contributed by atoms with Gasteiger partial charge in [0.05, 0.1) is 26.5 Å². The standard InChI is InChI=1S/C18H25NO3.C2H2O4/c1-20-17-10-4-5-11-18(17)22-13-7-3-2-6-12-19-15-16-9-8-14-21-16;3-1(4)2(5)6/h4-5,8-11,14,19H,2-3,6-7,12-13,15H2,1H3;(H,3,4)(H,5,6). The highest BCUT2D eigenvalue weighted by atomic mass is 16.5. The summed E-state index contributed by atoms with van der Waals surface area (Å²) >= 11 is 0. The van der Waals surface area contributed by atoms with E-state index in [0.717, 1.165) is 43.4 Å². The highest BCUT2D eigenvalue weighted by Crippen LogP contribution is 2.25. The second-order valence-corrected chi connectivity index (χ2v) is 5.78. The van der Waals surface area contributed by atoms with Gasteiger partial charge in [-0.3, -0.25) is 0 Å². The number of para-hydroxylation sites is 2. The Kier molecular flexibility index (Phi) is 11.6. The van der Waals surface area contributed by atoms with Gasteiger partial charge in [-0.1, -0.05) is 25.0 Å². The fraction of sp³-hybridized carbons (Fsp3) is 0.400. The molecule has 0 radical (unpaired) electrons. The molecule has 0 aliphatic rings. The van der Waals surface area contributed by atoms with Crippen molar-refractivity contribution >= 4 is 11.9 Å². The third kappa shape index (κ3) is 10.2. The zero-order valence-corrected chi connectivity index (χ0v) is 15.9.